The maximum atomic E-state index is 5.22. The Morgan fingerprint density at radius 1 is 1.35 bits per heavy atom. The van der Waals surface area contributed by atoms with E-state index in [4.69, 9.17) is 4.74 Å². The van der Waals surface area contributed by atoms with Gasteiger partial charge in [0.2, 0.25) is 0 Å². The summed E-state index contributed by atoms with van der Waals surface area (Å²) in [7, 11) is 1.77. The zero-order chi connectivity index (χ0) is 16.7. The number of methoxy groups -OCH3 is 1. The molecule has 2 unspecified atom stereocenters. The molecule has 1 saturated heterocycles. The monoisotopic (exact) mass is 320 g/mol. The Morgan fingerprint density at radius 2 is 2.17 bits per heavy atom. The number of nitrogens with zero attached hydrogens (tertiary/aromatic N) is 2. The Kier molecular flexibility index (Phi) is 6.96. The number of rotatable bonds is 8. The molecule has 5 heteroatoms. The molecule has 1 aromatic heterocycles. The first kappa shape index (κ1) is 18.3. The molecule has 2 heterocycles. The van der Waals surface area contributed by atoms with Crippen LogP contribution in [-0.4, -0.2) is 49.3 Å². The molecule has 0 radical (unpaired) electrons. The maximum absolute atomic E-state index is 5.22. The van der Waals surface area contributed by atoms with E-state index >= 15 is 0 Å². The topological polar surface area (TPSA) is 49.4 Å². The van der Waals surface area contributed by atoms with Crippen LogP contribution >= 0.6 is 0 Å². The van der Waals surface area contributed by atoms with Crippen molar-refractivity contribution in [3.63, 3.8) is 0 Å². The van der Waals surface area contributed by atoms with Gasteiger partial charge in [0.25, 0.3) is 0 Å². The van der Waals surface area contributed by atoms with Crippen LogP contribution in [0, 0.1) is 11.3 Å². The molecular weight excluding hydrogens is 288 g/mol. The van der Waals surface area contributed by atoms with E-state index in [0.717, 1.165) is 44.9 Å². The van der Waals surface area contributed by atoms with Gasteiger partial charge in [-0.2, -0.15) is 0 Å². The molecule has 0 aliphatic carbocycles. The van der Waals surface area contributed by atoms with Gasteiger partial charge < -0.3 is 4.74 Å². The first-order valence-electron chi connectivity index (χ1n) is 8.60. The molecule has 1 aliphatic heterocycles. The van der Waals surface area contributed by atoms with Crippen molar-refractivity contribution in [2.45, 2.75) is 39.8 Å². The number of hydrogen-bond donors (Lipinski definition) is 2. The summed E-state index contributed by atoms with van der Waals surface area (Å²) >= 11 is 0. The molecule has 1 aromatic rings. The van der Waals surface area contributed by atoms with Gasteiger partial charge in [-0.3, -0.25) is 20.7 Å². The Morgan fingerprint density at radius 3 is 2.83 bits per heavy atom. The van der Waals surface area contributed by atoms with Gasteiger partial charge in [-0.15, -0.1) is 0 Å². The lowest BCUT2D eigenvalue weighted by molar-refractivity contribution is 0.143. The van der Waals surface area contributed by atoms with Crippen molar-refractivity contribution in [3.05, 3.63) is 30.1 Å². The third-order valence-electron chi connectivity index (χ3n) is 4.45. The van der Waals surface area contributed by atoms with Crippen molar-refractivity contribution >= 4 is 0 Å². The molecule has 2 N–H and O–H groups in total. The van der Waals surface area contributed by atoms with Gasteiger partial charge in [0.1, 0.15) is 0 Å². The SMILES string of the molecule is COCCCN(Cc1ccccn1)CC1CNNC1C(C)(C)C. The summed E-state index contributed by atoms with van der Waals surface area (Å²) in [6.45, 7) is 11.8. The van der Waals surface area contributed by atoms with E-state index in [0.29, 0.717) is 12.0 Å². The molecule has 1 fully saturated rings. The lowest BCUT2D eigenvalue weighted by Crippen LogP contribution is -2.45. The largest absolute Gasteiger partial charge is 0.385 e. The molecule has 0 spiro atoms. The van der Waals surface area contributed by atoms with E-state index < -0.39 is 0 Å². The highest BCUT2D eigenvalue weighted by atomic mass is 16.5. The van der Waals surface area contributed by atoms with Gasteiger partial charge in [-0.1, -0.05) is 26.8 Å². The third-order valence-corrected chi connectivity index (χ3v) is 4.45. The van der Waals surface area contributed by atoms with Crippen molar-refractivity contribution in [1.29, 1.82) is 0 Å². The number of ether oxygens (including phenoxy) is 1. The summed E-state index contributed by atoms with van der Waals surface area (Å²) in [5.41, 5.74) is 8.20. The van der Waals surface area contributed by atoms with Gasteiger partial charge in [0.15, 0.2) is 0 Å². The van der Waals surface area contributed by atoms with Gasteiger partial charge in [0, 0.05) is 58.1 Å². The quantitative estimate of drug-likeness (QED) is 0.718. The number of aromatic nitrogens is 1. The molecule has 2 rings (SSSR count). The van der Waals surface area contributed by atoms with Gasteiger partial charge in [-0.25, -0.2) is 0 Å². The van der Waals surface area contributed by atoms with Crippen molar-refractivity contribution in [3.8, 4) is 0 Å². The second-order valence-corrected chi connectivity index (χ2v) is 7.53. The van der Waals surface area contributed by atoms with E-state index in [-0.39, 0.29) is 5.41 Å². The summed E-state index contributed by atoms with van der Waals surface area (Å²) in [5.74, 6) is 0.598. The van der Waals surface area contributed by atoms with Crippen LogP contribution in [0.25, 0.3) is 0 Å². The number of hydrogen-bond acceptors (Lipinski definition) is 5. The van der Waals surface area contributed by atoms with Crippen LogP contribution in [0.4, 0.5) is 0 Å². The average molecular weight is 320 g/mol. The maximum Gasteiger partial charge on any atom is 0.0543 e. The predicted molar refractivity (Wildman–Crippen MR) is 93.9 cm³/mol. The zero-order valence-corrected chi connectivity index (χ0v) is 15.0. The fourth-order valence-corrected chi connectivity index (χ4v) is 3.35. The van der Waals surface area contributed by atoms with Crippen LogP contribution in [0.2, 0.25) is 0 Å². The molecule has 0 bridgehead atoms. The fraction of sp³-hybridized carbons (Fsp3) is 0.722. The van der Waals surface area contributed by atoms with Crippen LogP contribution in [-0.2, 0) is 11.3 Å². The predicted octanol–water partition coefficient (Wildman–Crippen LogP) is 2.06. The highest BCUT2D eigenvalue weighted by Crippen LogP contribution is 2.28. The summed E-state index contributed by atoms with van der Waals surface area (Å²) < 4.78 is 5.22. The highest BCUT2D eigenvalue weighted by molar-refractivity contribution is 5.03. The van der Waals surface area contributed by atoms with E-state index in [1.807, 2.05) is 12.3 Å². The third kappa shape index (κ3) is 5.84. The van der Waals surface area contributed by atoms with Crippen molar-refractivity contribution in [2.75, 3.05) is 33.4 Å². The Hall–Kier alpha value is -1.01. The van der Waals surface area contributed by atoms with Crippen LogP contribution in [0.15, 0.2) is 24.4 Å². The minimum absolute atomic E-state index is 0.247. The molecular formula is C18H32N4O. The summed E-state index contributed by atoms with van der Waals surface area (Å²) in [5, 5.41) is 0. The smallest absolute Gasteiger partial charge is 0.0543 e. The first-order valence-corrected chi connectivity index (χ1v) is 8.60. The number of hydrazine groups is 1. The molecule has 130 valence electrons. The molecule has 2 atom stereocenters. The normalized spacial score (nSPS) is 22.0. The van der Waals surface area contributed by atoms with E-state index in [1.165, 1.54) is 0 Å². The minimum atomic E-state index is 0.247. The van der Waals surface area contributed by atoms with Crippen molar-refractivity contribution in [2.24, 2.45) is 11.3 Å². The Bertz CT molecular complexity index is 446. The molecule has 1 aliphatic rings. The molecule has 5 nitrogen and oxygen atoms in total. The standard InChI is InChI=1S/C18H32N4O/c1-18(2,3)17-15(12-20-21-17)13-22(10-7-11-23-4)14-16-8-5-6-9-19-16/h5-6,8-9,15,17,20-21H,7,10-14H2,1-4H3. The van der Waals surface area contributed by atoms with Crippen molar-refractivity contribution < 1.29 is 4.74 Å². The van der Waals surface area contributed by atoms with E-state index in [9.17, 15) is 0 Å². The number of nitrogens with one attached hydrogen (secondary N) is 2. The second kappa shape index (κ2) is 8.73. The van der Waals surface area contributed by atoms with Gasteiger partial charge in [-0.05, 0) is 24.0 Å². The lowest BCUT2D eigenvalue weighted by atomic mass is 9.80. The van der Waals surface area contributed by atoms with Crippen LogP contribution in [0.3, 0.4) is 0 Å². The second-order valence-electron chi connectivity index (χ2n) is 7.53. The van der Waals surface area contributed by atoms with Crippen LogP contribution in [0.5, 0.6) is 0 Å². The fourth-order valence-electron chi connectivity index (χ4n) is 3.35. The van der Waals surface area contributed by atoms with Crippen LogP contribution < -0.4 is 10.9 Å². The Labute approximate surface area is 140 Å². The van der Waals surface area contributed by atoms with E-state index in [2.05, 4.69) is 53.6 Å². The highest BCUT2D eigenvalue weighted by Gasteiger charge is 2.36. The van der Waals surface area contributed by atoms with Gasteiger partial charge in [0.05, 0.1) is 5.69 Å². The summed E-state index contributed by atoms with van der Waals surface area (Å²) in [4.78, 5) is 7.00. The van der Waals surface area contributed by atoms with E-state index in [1.54, 1.807) is 7.11 Å². The number of pyridine rings is 1. The molecule has 0 saturated carbocycles. The summed E-state index contributed by atoms with van der Waals surface area (Å²) in [6, 6.07) is 6.62. The minimum Gasteiger partial charge on any atom is -0.385 e. The Balaban J connectivity index is 1.98. The van der Waals surface area contributed by atoms with Crippen molar-refractivity contribution in [1.82, 2.24) is 20.7 Å². The zero-order valence-electron chi connectivity index (χ0n) is 15.0. The molecule has 0 amide bonds. The molecule has 23 heavy (non-hydrogen) atoms. The average Bonchev–Trinajstić information content (AvgIpc) is 2.97. The molecule has 0 aromatic carbocycles. The first-order chi connectivity index (χ1) is 11.0. The lowest BCUT2D eigenvalue weighted by Gasteiger charge is -2.34. The van der Waals surface area contributed by atoms with Crippen LogP contribution in [0.1, 0.15) is 32.9 Å². The van der Waals surface area contributed by atoms with Gasteiger partial charge >= 0.3 is 0 Å². The summed E-state index contributed by atoms with van der Waals surface area (Å²) in [6.07, 6.45) is 2.93.